The van der Waals surface area contributed by atoms with E-state index < -0.39 is 46.0 Å². The Balaban J connectivity index is 2.98. The van der Waals surface area contributed by atoms with E-state index in [2.05, 4.69) is 0 Å². The second-order valence-electron chi connectivity index (χ2n) is 4.86. The molecule has 7 nitrogen and oxygen atoms in total. The van der Waals surface area contributed by atoms with Crippen LogP contribution >= 0.6 is 0 Å². The van der Waals surface area contributed by atoms with Gasteiger partial charge in [-0.2, -0.15) is 13.2 Å². The molecule has 0 aliphatic rings. The lowest BCUT2D eigenvalue weighted by molar-refractivity contribution is -0.385. The Hall–Kier alpha value is -2.91. The molecule has 0 radical (unpaired) electrons. The number of nitrogens with one attached hydrogen (secondary N) is 1. The van der Waals surface area contributed by atoms with Crippen LogP contribution in [0.2, 0.25) is 0 Å². The third-order valence-electron chi connectivity index (χ3n) is 2.93. The molecule has 1 atom stereocenters. The van der Waals surface area contributed by atoms with Crippen LogP contribution in [0, 0.1) is 10.1 Å². The van der Waals surface area contributed by atoms with Gasteiger partial charge in [0.25, 0.3) is 11.6 Å². The number of halogens is 3. The monoisotopic (exact) mass is 360 g/mol. The SMILES string of the molecule is CC/C=C/C(=O)O[C@H](C)C(=O)Nc1ccc([N+](=O)[O-])cc1C(F)(F)F. The number of anilines is 1. The van der Waals surface area contributed by atoms with Gasteiger partial charge in [0.1, 0.15) is 0 Å². The number of hydrogen-bond donors (Lipinski definition) is 1. The minimum Gasteiger partial charge on any atom is -0.449 e. The molecule has 0 fully saturated rings. The van der Waals surface area contributed by atoms with E-state index in [0.717, 1.165) is 18.2 Å². The summed E-state index contributed by atoms with van der Waals surface area (Å²) in [5.74, 6) is -1.82. The minimum absolute atomic E-state index is 0.316. The number of hydrogen-bond acceptors (Lipinski definition) is 5. The average molecular weight is 360 g/mol. The van der Waals surface area contributed by atoms with Crippen LogP contribution in [-0.2, 0) is 20.5 Å². The van der Waals surface area contributed by atoms with E-state index in [0.29, 0.717) is 12.5 Å². The van der Waals surface area contributed by atoms with E-state index >= 15 is 0 Å². The molecule has 136 valence electrons. The maximum absolute atomic E-state index is 13.0. The minimum atomic E-state index is -4.92. The van der Waals surface area contributed by atoms with Crippen molar-refractivity contribution >= 4 is 23.3 Å². The fourth-order valence-corrected chi connectivity index (χ4v) is 1.70. The number of carbonyl (C=O) groups excluding carboxylic acids is 2. The van der Waals surface area contributed by atoms with Crippen LogP contribution in [0.1, 0.15) is 25.8 Å². The summed E-state index contributed by atoms with van der Waals surface area (Å²) in [4.78, 5) is 32.9. The highest BCUT2D eigenvalue weighted by Crippen LogP contribution is 2.37. The van der Waals surface area contributed by atoms with Crippen molar-refractivity contribution in [2.24, 2.45) is 0 Å². The molecule has 0 bridgehead atoms. The fraction of sp³-hybridized carbons (Fsp3) is 0.333. The first-order valence-electron chi connectivity index (χ1n) is 7.10. The lowest BCUT2D eigenvalue weighted by Gasteiger charge is -2.16. The summed E-state index contributed by atoms with van der Waals surface area (Å²) >= 11 is 0. The molecule has 10 heteroatoms. The number of rotatable bonds is 6. The van der Waals surface area contributed by atoms with Crippen molar-refractivity contribution in [3.63, 3.8) is 0 Å². The fourth-order valence-electron chi connectivity index (χ4n) is 1.70. The zero-order chi connectivity index (χ0) is 19.2. The quantitative estimate of drug-likeness (QED) is 0.363. The number of ether oxygens (including phenoxy) is 1. The Morgan fingerprint density at radius 1 is 1.40 bits per heavy atom. The van der Waals surface area contributed by atoms with Crippen molar-refractivity contribution in [1.29, 1.82) is 0 Å². The summed E-state index contributed by atoms with van der Waals surface area (Å²) in [5.41, 5.74) is -2.82. The molecule has 1 N–H and O–H groups in total. The summed E-state index contributed by atoms with van der Waals surface area (Å²) < 4.78 is 43.8. The number of esters is 1. The summed E-state index contributed by atoms with van der Waals surface area (Å²) in [5, 5.41) is 12.6. The van der Waals surface area contributed by atoms with E-state index in [1.54, 1.807) is 6.92 Å². The number of carbonyl (C=O) groups is 2. The predicted molar refractivity (Wildman–Crippen MR) is 81.7 cm³/mol. The maximum atomic E-state index is 13.0. The lowest BCUT2D eigenvalue weighted by Crippen LogP contribution is -2.30. The summed E-state index contributed by atoms with van der Waals surface area (Å²) in [6, 6.07) is 1.91. The molecule has 1 aromatic rings. The normalized spacial score (nSPS) is 12.7. The van der Waals surface area contributed by atoms with E-state index in [1.165, 1.54) is 13.0 Å². The van der Waals surface area contributed by atoms with Crippen LogP contribution in [0.4, 0.5) is 24.5 Å². The highest BCUT2D eigenvalue weighted by Gasteiger charge is 2.36. The second-order valence-corrected chi connectivity index (χ2v) is 4.86. The van der Waals surface area contributed by atoms with E-state index in [-0.39, 0.29) is 0 Å². The van der Waals surface area contributed by atoms with Gasteiger partial charge in [-0.1, -0.05) is 13.0 Å². The van der Waals surface area contributed by atoms with E-state index in [4.69, 9.17) is 4.74 Å². The van der Waals surface area contributed by atoms with Gasteiger partial charge in [-0.25, -0.2) is 4.79 Å². The molecule has 1 rings (SSSR count). The number of nitro benzene ring substituents is 1. The van der Waals surface area contributed by atoms with Crippen LogP contribution in [0.25, 0.3) is 0 Å². The molecule has 0 saturated heterocycles. The van der Waals surface area contributed by atoms with Crippen LogP contribution in [0.15, 0.2) is 30.4 Å². The molecule has 0 heterocycles. The Morgan fingerprint density at radius 2 is 2.04 bits per heavy atom. The van der Waals surface area contributed by atoms with Gasteiger partial charge in [0.05, 0.1) is 16.2 Å². The van der Waals surface area contributed by atoms with Crippen LogP contribution in [0.5, 0.6) is 0 Å². The summed E-state index contributed by atoms with van der Waals surface area (Å²) in [7, 11) is 0. The molecule has 0 aliphatic carbocycles. The number of nitro groups is 1. The Kier molecular flexibility index (Phi) is 6.66. The molecular formula is C15H15F3N2O5. The van der Waals surface area contributed by atoms with Gasteiger partial charge in [0.15, 0.2) is 6.10 Å². The van der Waals surface area contributed by atoms with Crippen molar-refractivity contribution in [2.45, 2.75) is 32.5 Å². The molecule has 0 unspecified atom stereocenters. The number of benzene rings is 1. The molecule has 0 aromatic heterocycles. The number of allylic oxidation sites excluding steroid dienone is 1. The molecule has 0 saturated carbocycles. The van der Waals surface area contributed by atoms with Crippen LogP contribution in [-0.4, -0.2) is 22.9 Å². The van der Waals surface area contributed by atoms with Gasteiger partial charge >= 0.3 is 12.1 Å². The topological polar surface area (TPSA) is 98.5 Å². The van der Waals surface area contributed by atoms with Gasteiger partial charge in [-0.3, -0.25) is 14.9 Å². The Bertz CT molecular complexity index is 701. The zero-order valence-corrected chi connectivity index (χ0v) is 13.3. The van der Waals surface area contributed by atoms with Gasteiger partial charge in [0.2, 0.25) is 0 Å². The van der Waals surface area contributed by atoms with E-state index in [9.17, 15) is 32.9 Å². The van der Waals surface area contributed by atoms with Crippen LogP contribution < -0.4 is 5.32 Å². The standard InChI is InChI=1S/C15H15F3N2O5/c1-3-4-5-13(21)25-9(2)14(22)19-12-7-6-10(20(23)24)8-11(12)15(16,17)18/h4-9H,3H2,1-2H3,(H,19,22)/b5-4+/t9-/m1/s1. The largest absolute Gasteiger partial charge is 0.449 e. The number of non-ortho nitro benzene ring substituents is 1. The predicted octanol–water partition coefficient (Wildman–Crippen LogP) is 3.45. The third-order valence-corrected chi connectivity index (χ3v) is 2.93. The number of nitrogens with zero attached hydrogens (tertiary/aromatic N) is 1. The molecule has 1 aromatic carbocycles. The number of alkyl halides is 3. The first-order valence-corrected chi connectivity index (χ1v) is 7.10. The van der Waals surface area contributed by atoms with Gasteiger partial charge in [0, 0.05) is 18.2 Å². The van der Waals surface area contributed by atoms with Crippen molar-refractivity contribution < 1.29 is 32.4 Å². The van der Waals surface area contributed by atoms with Gasteiger partial charge in [-0.05, 0) is 19.4 Å². The molecule has 1 amide bonds. The number of amides is 1. The van der Waals surface area contributed by atoms with Crippen molar-refractivity contribution in [2.75, 3.05) is 5.32 Å². The smallest absolute Gasteiger partial charge is 0.418 e. The first kappa shape index (κ1) is 20.1. The lowest BCUT2D eigenvalue weighted by atomic mass is 10.1. The summed E-state index contributed by atoms with van der Waals surface area (Å²) in [6.45, 7) is 2.96. The highest BCUT2D eigenvalue weighted by atomic mass is 19.4. The summed E-state index contributed by atoms with van der Waals surface area (Å²) in [6.07, 6.45) is -3.13. The van der Waals surface area contributed by atoms with E-state index in [1.807, 2.05) is 5.32 Å². The first-order chi connectivity index (χ1) is 11.6. The zero-order valence-electron chi connectivity index (χ0n) is 13.3. The van der Waals surface area contributed by atoms with Crippen LogP contribution in [0.3, 0.4) is 0 Å². The third kappa shape index (κ3) is 5.90. The average Bonchev–Trinajstić information content (AvgIpc) is 2.51. The Morgan fingerprint density at radius 3 is 2.56 bits per heavy atom. The van der Waals surface area contributed by atoms with Crippen molar-refractivity contribution in [1.82, 2.24) is 0 Å². The van der Waals surface area contributed by atoms with Gasteiger partial charge in [-0.15, -0.1) is 0 Å². The maximum Gasteiger partial charge on any atom is 0.418 e. The Labute approximate surface area is 140 Å². The van der Waals surface area contributed by atoms with Gasteiger partial charge < -0.3 is 10.1 Å². The van der Waals surface area contributed by atoms with Crippen molar-refractivity contribution in [3.05, 3.63) is 46.0 Å². The molecule has 0 spiro atoms. The molecule has 25 heavy (non-hydrogen) atoms. The second kappa shape index (κ2) is 8.27. The van der Waals surface area contributed by atoms with Crippen molar-refractivity contribution in [3.8, 4) is 0 Å². The molecule has 0 aliphatic heterocycles. The highest BCUT2D eigenvalue weighted by molar-refractivity contribution is 5.96. The molecular weight excluding hydrogens is 345 g/mol.